The number of nitrogens with zero attached hydrogens (tertiary/aromatic N) is 3. The van der Waals surface area contributed by atoms with Crippen molar-refractivity contribution in [1.29, 1.82) is 5.26 Å². The van der Waals surface area contributed by atoms with E-state index in [2.05, 4.69) is 28.1 Å². The predicted molar refractivity (Wildman–Crippen MR) is 93.7 cm³/mol. The van der Waals surface area contributed by atoms with Gasteiger partial charge in [0.2, 0.25) is 5.91 Å². The average Bonchev–Trinajstić information content (AvgIpc) is 2.58. The van der Waals surface area contributed by atoms with Gasteiger partial charge in [-0.25, -0.2) is 9.98 Å². The van der Waals surface area contributed by atoms with E-state index in [1.165, 1.54) is 6.20 Å². The summed E-state index contributed by atoms with van der Waals surface area (Å²) in [4.78, 5) is 19.4. The highest BCUT2D eigenvalue weighted by molar-refractivity contribution is 5.83. The summed E-state index contributed by atoms with van der Waals surface area (Å²) in [5.74, 6) is 0.238. The van der Waals surface area contributed by atoms with Gasteiger partial charge < -0.3 is 15.8 Å². The Bertz CT molecular complexity index is 716. The summed E-state index contributed by atoms with van der Waals surface area (Å²) >= 11 is 0. The molecule has 126 valence electrons. The Kier molecular flexibility index (Phi) is 7.33. The van der Waals surface area contributed by atoms with Crippen LogP contribution in [0.1, 0.15) is 31.4 Å². The van der Waals surface area contributed by atoms with Gasteiger partial charge in [0, 0.05) is 5.70 Å². The number of aryl methyl sites for hydroxylation is 1. The summed E-state index contributed by atoms with van der Waals surface area (Å²) in [7, 11) is 0. The minimum absolute atomic E-state index is 0.0243. The number of hydrogen-bond acceptors (Lipinski definition) is 5. The molecule has 0 heterocycles. The molecule has 1 rings (SSSR count). The molecule has 3 N–H and O–H groups in total. The van der Waals surface area contributed by atoms with Gasteiger partial charge in [0.15, 0.2) is 0 Å². The fraction of sp³-hybridized carbons (Fsp3) is 0.294. The number of allylic oxidation sites excluding steroid dienone is 1. The lowest BCUT2D eigenvalue weighted by Crippen LogP contribution is -2.39. The Hall–Kier alpha value is -2.98. The molecule has 0 aromatic heterocycles. The quantitative estimate of drug-likeness (QED) is 0.636. The van der Waals surface area contributed by atoms with E-state index < -0.39 is 6.04 Å². The first kappa shape index (κ1) is 19.1. The normalized spacial score (nSPS) is 13.0. The third-order valence-corrected chi connectivity index (χ3v) is 3.11. The van der Waals surface area contributed by atoms with Gasteiger partial charge >= 0.3 is 6.02 Å². The fourth-order valence-corrected chi connectivity index (χ4v) is 1.69. The van der Waals surface area contributed by atoms with Crippen LogP contribution in [0.3, 0.4) is 0 Å². The van der Waals surface area contributed by atoms with Crippen molar-refractivity contribution in [3.8, 4) is 11.8 Å². The number of nitriles is 1. The number of hydrogen-bond donors (Lipinski definition) is 2. The maximum Gasteiger partial charge on any atom is 0.321 e. The van der Waals surface area contributed by atoms with Gasteiger partial charge in [-0.05, 0) is 50.7 Å². The first-order valence-corrected chi connectivity index (χ1v) is 7.37. The molecule has 0 aliphatic heterocycles. The van der Waals surface area contributed by atoms with E-state index in [4.69, 9.17) is 15.7 Å². The van der Waals surface area contributed by atoms with E-state index in [1.54, 1.807) is 25.1 Å². The summed E-state index contributed by atoms with van der Waals surface area (Å²) in [5.41, 5.74) is 7.45. The predicted octanol–water partition coefficient (Wildman–Crippen LogP) is 2.02. The minimum Gasteiger partial charge on any atom is -0.424 e. The number of nitrogens with one attached hydrogen (secondary N) is 1. The van der Waals surface area contributed by atoms with Crippen LogP contribution < -0.4 is 15.8 Å². The summed E-state index contributed by atoms with van der Waals surface area (Å²) in [6, 6.07) is 6.51. The Labute approximate surface area is 141 Å². The van der Waals surface area contributed by atoms with Gasteiger partial charge in [0.25, 0.3) is 0 Å². The molecule has 0 aliphatic rings. The van der Waals surface area contributed by atoms with Crippen LogP contribution in [0.15, 0.2) is 40.1 Å². The van der Waals surface area contributed by atoms with Crippen LogP contribution in [0.4, 0.5) is 0 Å². The fourth-order valence-electron chi connectivity index (χ4n) is 1.69. The summed E-state index contributed by atoms with van der Waals surface area (Å²) < 4.78 is 5.55. The standard InChI is InChI=1S/C17H21N5O2/c1-5-14(19)16(23)22-12(3)10-21-17(20-4)24-15-7-6-13(9-18)8-11(15)2/h6-8,10,14H,4-5,19H2,1-3H3,(H,22,23)/b12-10+,21-17+/t14-/m1/s1. The molecule has 0 radical (unpaired) electrons. The monoisotopic (exact) mass is 327 g/mol. The van der Waals surface area contributed by atoms with E-state index in [0.29, 0.717) is 23.4 Å². The molecule has 1 aromatic carbocycles. The number of amidine groups is 1. The van der Waals surface area contributed by atoms with Gasteiger partial charge in [-0.3, -0.25) is 4.79 Å². The molecule has 0 aliphatic carbocycles. The minimum atomic E-state index is -0.563. The molecule has 0 spiro atoms. The molecule has 7 nitrogen and oxygen atoms in total. The van der Waals surface area contributed by atoms with Crippen molar-refractivity contribution in [2.45, 2.75) is 33.2 Å². The zero-order valence-corrected chi connectivity index (χ0v) is 14.0. The Morgan fingerprint density at radius 1 is 1.58 bits per heavy atom. The van der Waals surface area contributed by atoms with Crippen LogP contribution in [0.5, 0.6) is 5.75 Å². The molecule has 0 unspecified atom stereocenters. The smallest absolute Gasteiger partial charge is 0.321 e. The lowest BCUT2D eigenvalue weighted by atomic mass is 10.1. The zero-order valence-electron chi connectivity index (χ0n) is 14.0. The Balaban J connectivity index is 2.84. The van der Waals surface area contributed by atoms with Crippen molar-refractivity contribution >= 4 is 18.6 Å². The number of carbonyl (C=O) groups excluding carboxylic acids is 1. The molecule has 7 heteroatoms. The van der Waals surface area contributed by atoms with E-state index in [9.17, 15) is 4.79 Å². The third-order valence-electron chi connectivity index (χ3n) is 3.11. The van der Waals surface area contributed by atoms with E-state index >= 15 is 0 Å². The second-order valence-corrected chi connectivity index (χ2v) is 5.08. The highest BCUT2D eigenvalue weighted by Gasteiger charge is 2.10. The van der Waals surface area contributed by atoms with Crippen molar-refractivity contribution < 1.29 is 9.53 Å². The second-order valence-electron chi connectivity index (χ2n) is 5.08. The summed E-state index contributed by atoms with van der Waals surface area (Å²) in [6.07, 6.45) is 1.95. The Morgan fingerprint density at radius 2 is 2.29 bits per heavy atom. The molecule has 0 fully saturated rings. The molecule has 1 amide bonds. The SMILES string of the molecule is C=N/C(=N\C=C(/C)NC(=O)[C@H](N)CC)Oc1ccc(C#N)cc1C. The van der Waals surface area contributed by atoms with Gasteiger partial charge in [-0.1, -0.05) is 6.92 Å². The van der Waals surface area contributed by atoms with Crippen molar-refractivity contribution in [1.82, 2.24) is 5.32 Å². The van der Waals surface area contributed by atoms with Crippen LogP contribution in [-0.4, -0.2) is 24.7 Å². The summed E-state index contributed by atoms with van der Waals surface area (Å²) in [5, 5.41) is 11.5. The van der Waals surface area contributed by atoms with Crippen LogP contribution in [-0.2, 0) is 4.79 Å². The lowest BCUT2D eigenvalue weighted by molar-refractivity contribution is -0.121. The van der Waals surface area contributed by atoms with Crippen LogP contribution in [0.25, 0.3) is 0 Å². The van der Waals surface area contributed by atoms with Gasteiger partial charge in [0.05, 0.1) is 23.9 Å². The Morgan fingerprint density at radius 3 is 2.83 bits per heavy atom. The van der Waals surface area contributed by atoms with Crippen LogP contribution in [0.2, 0.25) is 0 Å². The number of aliphatic imine (C=N–C) groups is 2. The lowest BCUT2D eigenvalue weighted by Gasteiger charge is -2.10. The summed E-state index contributed by atoms with van der Waals surface area (Å²) in [6.45, 7) is 8.72. The largest absolute Gasteiger partial charge is 0.424 e. The third kappa shape index (κ3) is 5.66. The van der Waals surface area contributed by atoms with Crippen LogP contribution in [0, 0.1) is 18.3 Å². The number of amides is 1. The molecule has 1 atom stereocenters. The molecule has 0 saturated heterocycles. The van der Waals surface area contributed by atoms with Crippen molar-refractivity contribution in [2.75, 3.05) is 0 Å². The molecular formula is C17H21N5O2. The van der Waals surface area contributed by atoms with Gasteiger partial charge in [0.1, 0.15) is 5.75 Å². The first-order chi connectivity index (χ1) is 11.4. The number of rotatable bonds is 5. The van der Waals surface area contributed by atoms with E-state index in [0.717, 1.165) is 5.56 Å². The number of nitrogens with two attached hydrogens (primary N) is 1. The number of benzene rings is 1. The number of carbonyl (C=O) groups is 1. The molecular weight excluding hydrogens is 306 g/mol. The number of ether oxygens (including phenoxy) is 1. The molecule has 0 saturated carbocycles. The highest BCUT2D eigenvalue weighted by atomic mass is 16.5. The van der Waals surface area contributed by atoms with E-state index in [1.807, 2.05) is 13.8 Å². The average molecular weight is 327 g/mol. The molecule has 0 bridgehead atoms. The molecule has 24 heavy (non-hydrogen) atoms. The first-order valence-electron chi connectivity index (χ1n) is 7.37. The van der Waals surface area contributed by atoms with Gasteiger partial charge in [-0.2, -0.15) is 5.26 Å². The second kappa shape index (κ2) is 9.22. The topological polar surface area (TPSA) is 113 Å². The zero-order chi connectivity index (χ0) is 18.1. The van der Waals surface area contributed by atoms with Gasteiger partial charge in [-0.15, -0.1) is 0 Å². The van der Waals surface area contributed by atoms with Crippen molar-refractivity contribution in [3.63, 3.8) is 0 Å². The maximum absolute atomic E-state index is 11.7. The van der Waals surface area contributed by atoms with Crippen molar-refractivity contribution in [2.24, 2.45) is 15.7 Å². The molecule has 1 aromatic rings. The highest BCUT2D eigenvalue weighted by Crippen LogP contribution is 2.19. The maximum atomic E-state index is 11.7. The van der Waals surface area contributed by atoms with Crippen LogP contribution >= 0.6 is 0 Å². The van der Waals surface area contributed by atoms with E-state index in [-0.39, 0.29) is 11.9 Å². The van der Waals surface area contributed by atoms with Crippen molar-refractivity contribution in [3.05, 3.63) is 41.2 Å².